The van der Waals surface area contributed by atoms with Crippen molar-refractivity contribution in [3.63, 3.8) is 0 Å². The minimum Gasteiger partial charge on any atom is -0.480 e. The third-order valence-electron chi connectivity index (χ3n) is 5.79. The number of carboxylic acids is 1. The minimum atomic E-state index is -1.22. The van der Waals surface area contributed by atoms with Crippen LogP contribution in [0.5, 0.6) is 0 Å². The molecule has 0 spiro atoms. The number of carbonyl (C=O) groups is 5. The molecule has 5 atom stereocenters. The highest BCUT2D eigenvalue weighted by Gasteiger charge is 2.32. The van der Waals surface area contributed by atoms with E-state index in [1.807, 2.05) is 26.8 Å². The van der Waals surface area contributed by atoms with E-state index in [0.29, 0.717) is 6.42 Å². The molecule has 0 bridgehead atoms. The number of hydrogen-bond donors (Lipinski definition) is 6. The Bertz CT molecular complexity index is 907. The fraction of sp³-hybridized carbons (Fsp3) is 0.560. The average Bonchev–Trinajstić information content (AvgIpc) is 2.80. The number of hydrogen-bond acceptors (Lipinski definition) is 6. The lowest BCUT2D eigenvalue weighted by Gasteiger charge is -2.27. The van der Waals surface area contributed by atoms with E-state index in [9.17, 15) is 29.1 Å². The predicted octanol–water partition coefficient (Wildman–Crippen LogP) is 0.0630. The first kappa shape index (κ1) is 30.6. The molecule has 11 nitrogen and oxygen atoms in total. The summed E-state index contributed by atoms with van der Waals surface area (Å²) >= 11 is 0. The first-order valence-corrected chi connectivity index (χ1v) is 12.1. The highest BCUT2D eigenvalue weighted by molar-refractivity contribution is 5.95. The maximum atomic E-state index is 13.2. The molecule has 0 aliphatic heterocycles. The second-order valence-electron chi connectivity index (χ2n) is 9.43. The maximum absolute atomic E-state index is 13.2. The lowest BCUT2D eigenvalue weighted by atomic mass is 9.97. The molecule has 0 aliphatic rings. The second-order valence-corrected chi connectivity index (χ2v) is 9.43. The van der Waals surface area contributed by atoms with Crippen LogP contribution < -0.4 is 27.4 Å². The smallest absolute Gasteiger partial charge is 0.326 e. The zero-order chi connectivity index (χ0) is 27.4. The fourth-order valence-corrected chi connectivity index (χ4v) is 3.56. The number of nitrogens with two attached hydrogens (primary N) is 2. The summed E-state index contributed by atoms with van der Waals surface area (Å²) in [6.45, 7) is 7.24. The average molecular weight is 506 g/mol. The number of aliphatic carboxylic acids is 1. The molecule has 0 heterocycles. The van der Waals surface area contributed by atoms with E-state index in [4.69, 9.17) is 11.5 Å². The molecule has 1 rings (SSSR count). The highest BCUT2D eigenvalue weighted by Crippen LogP contribution is 2.11. The van der Waals surface area contributed by atoms with Crippen molar-refractivity contribution in [1.29, 1.82) is 0 Å². The molecule has 0 aromatic heterocycles. The molecule has 0 saturated heterocycles. The number of rotatable bonds is 15. The van der Waals surface area contributed by atoms with Crippen molar-refractivity contribution >= 4 is 29.6 Å². The molecule has 4 amide bonds. The summed E-state index contributed by atoms with van der Waals surface area (Å²) in [6, 6.07) is 4.46. The molecule has 5 unspecified atom stereocenters. The molecular weight excluding hydrogens is 466 g/mol. The van der Waals surface area contributed by atoms with Crippen molar-refractivity contribution in [2.45, 2.75) is 77.5 Å². The van der Waals surface area contributed by atoms with Crippen LogP contribution in [0.1, 0.15) is 52.5 Å². The van der Waals surface area contributed by atoms with Gasteiger partial charge in [0.15, 0.2) is 0 Å². The predicted molar refractivity (Wildman–Crippen MR) is 134 cm³/mol. The van der Waals surface area contributed by atoms with Gasteiger partial charge >= 0.3 is 5.97 Å². The van der Waals surface area contributed by atoms with Crippen molar-refractivity contribution in [2.75, 3.05) is 0 Å². The quantitative estimate of drug-likeness (QED) is 0.194. The van der Waals surface area contributed by atoms with Gasteiger partial charge in [0, 0.05) is 6.42 Å². The van der Waals surface area contributed by atoms with Crippen LogP contribution in [0.25, 0.3) is 0 Å². The Hall–Kier alpha value is -3.47. The van der Waals surface area contributed by atoms with Crippen LogP contribution in [0.3, 0.4) is 0 Å². The van der Waals surface area contributed by atoms with Gasteiger partial charge in [0.25, 0.3) is 0 Å². The van der Waals surface area contributed by atoms with E-state index < -0.39 is 53.8 Å². The molecule has 200 valence electrons. The number of benzene rings is 1. The number of carboxylic acid groups (broad SMARTS) is 1. The summed E-state index contributed by atoms with van der Waals surface area (Å²) in [7, 11) is 0. The van der Waals surface area contributed by atoms with Crippen LogP contribution in [-0.4, -0.2) is 58.9 Å². The van der Waals surface area contributed by atoms with Crippen molar-refractivity contribution in [3.8, 4) is 0 Å². The molecular formula is C25H39N5O6. The third-order valence-corrected chi connectivity index (χ3v) is 5.79. The number of carbonyl (C=O) groups excluding carboxylic acids is 4. The number of primary amides is 1. The Labute approximate surface area is 211 Å². The van der Waals surface area contributed by atoms with Gasteiger partial charge in [-0.3, -0.25) is 19.2 Å². The summed E-state index contributed by atoms with van der Waals surface area (Å²) < 4.78 is 0. The van der Waals surface area contributed by atoms with Crippen LogP contribution in [0.4, 0.5) is 0 Å². The van der Waals surface area contributed by atoms with Gasteiger partial charge in [0.05, 0.1) is 12.5 Å². The van der Waals surface area contributed by atoms with Crippen LogP contribution in [0.2, 0.25) is 0 Å². The minimum absolute atomic E-state index is 0.00314. The largest absolute Gasteiger partial charge is 0.480 e. The number of amides is 4. The third kappa shape index (κ3) is 10.4. The molecule has 1 aromatic carbocycles. The summed E-state index contributed by atoms with van der Waals surface area (Å²) in [5, 5.41) is 17.3. The van der Waals surface area contributed by atoms with Gasteiger partial charge in [0.1, 0.15) is 18.1 Å². The molecule has 0 radical (unpaired) electrons. The van der Waals surface area contributed by atoms with Crippen molar-refractivity contribution in [1.82, 2.24) is 16.0 Å². The molecule has 36 heavy (non-hydrogen) atoms. The lowest BCUT2D eigenvalue weighted by Crippen LogP contribution is -2.58. The van der Waals surface area contributed by atoms with Gasteiger partial charge in [-0.2, -0.15) is 0 Å². The van der Waals surface area contributed by atoms with Gasteiger partial charge in [-0.15, -0.1) is 0 Å². The summed E-state index contributed by atoms with van der Waals surface area (Å²) in [5.74, 6) is -4.26. The SMILES string of the molecule is CCC(C)C(NC(=O)C(Cc1ccccc1)NC(=O)C(CC(C)C)NC(=O)C(N)CC(N)=O)C(=O)O. The molecule has 11 heteroatoms. The summed E-state index contributed by atoms with van der Waals surface area (Å²) in [6.07, 6.45) is 0.494. The Morgan fingerprint density at radius 3 is 1.94 bits per heavy atom. The van der Waals surface area contributed by atoms with E-state index in [1.165, 1.54) is 0 Å². The van der Waals surface area contributed by atoms with E-state index in [0.717, 1.165) is 5.56 Å². The van der Waals surface area contributed by atoms with Gasteiger partial charge in [-0.1, -0.05) is 64.4 Å². The van der Waals surface area contributed by atoms with Crippen molar-refractivity contribution in [2.24, 2.45) is 23.3 Å². The van der Waals surface area contributed by atoms with Gasteiger partial charge in [-0.25, -0.2) is 4.79 Å². The first-order chi connectivity index (χ1) is 16.8. The van der Waals surface area contributed by atoms with Crippen LogP contribution in [0.15, 0.2) is 30.3 Å². The van der Waals surface area contributed by atoms with Crippen LogP contribution in [0, 0.1) is 11.8 Å². The van der Waals surface area contributed by atoms with E-state index in [2.05, 4.69) is 16.0 Å². The van der Waals surface area contributed by atoms with Gasteiger partial charge < -0.3 is 32.5 Å². The summed E-state index contributed by atoms with van der Waals surface area (Å²) in [4.78, 5) is 61.7. The zero-order valence-corrected chi connectivity index (χ0v) is 21.3. The normalized spacial score (nSPS) is 15.2. The summed E-state index contributed by atoms with van der Waals surface area (Å²) in [5.41, 5.74) is 11.6. The van der Waals surface area contributed by atoms with Crippen molar-refractivity contribution in [3.05, 3.63) is 35.9 Å². The lowest BCUT2D eigenvalue weighted by molar-refractivity contribution is -0.143. The van der Waals surface area contributed by atoms with E-state index in [1.54, 1.807) is 31.2 Å². The molecule has 0 aliphatic carbocycles. The zero-order valence-electron chi connectivity index (χ0n) is 21.3. The molecule has 0 saturated carbocycles. The van der Waals surface area contributed by atoms with Gasteiger partial charge in [-0.05, 0) is 23.8 Å². The monoisotopic (exact) mass is 505 g/mol. The maximum Gasteiger partial charge on any atom is 0.326 e. The Balaban J connectivity index is 3.14. The highest BCUT2D eigenvalue weighted by atomic mass is 16.4. The van der Waals surface area contributed by atoms with E-state index in [-0.39, 0.29) is 31.1 Å². The fourth-order valence-electron chi connectivity index (χ4n) is 3.56. The topological polar surface area (TPSA) is 194 Å². The Morgan fingerprint density at radius 2 is 1.44 bits per heavy atom. The Morgan fingerprint density at radius 1 is 0.889 bits per heavy atom. The van der Waals surface area contributed by atoms with E-state index >= 15 is 0 Å². The second kappa shape index (κ2) is 14.8. The number of nitrogens with one attached hydrogen (secondary N) is 3. The van der Waals surface area contributed by atoms with Gasteiger partial charge in [0.2, 0.25) is 23.6 Å². The Kier molecular flexibility index (Phi) is 12.6. The molecule has 0 fully saturated rings. The molecule has 8 N–H and O–H groups in total. The van der Waals surface area contributed by atoms with Crippen LogP contribution in [-0.2, 0) is 30.4 Å². The van der Waals surface area contributed by atoms with Crippen LogP contribution >= 0.6 is 0 Å². The molecule has 1 aromatic rings. The first-order valence-electron chi connectivity index (χ1n) is 12.1. The van der Waals surface area contributed by atoms with Crippen molar-refractivity contribution < 1.29 is 29.1 Å². The standard InChI is InChI=1S/C25H39N5O6/c1-5-15(4)21(25(35)36)30-24(34)19(12-16-9-7-6-8-10-16)29-23(33)18(11-14(2)3)28-22(32)17(26)13-20(27)31/h6-10,14-15,17-19,21H,5,11-13,26H2,1-4H3,(H2,27,31)(H,28,32)(H,29,33)(H,30,34)(H,35,36).